The smallest absolute Gasteiger partial charge is 0.248 e. The molecule has 7 aromatic carbocycles. The number of hydrogen-bond acceptors (Lipinski definition) is 19. The molecule has 100 heavy (non-hydrogen) atoms. The van der Waals surface area contributed by atoms with Gasteiger partial charge in [-0.05, 0) is 118 Å². The fraction of sp³-hybridized carbons (Fsp3) is 0.306. The minimum Gasteiger partial charge on any atom is -0.507 e. The van der Waals surface area contributed by atoms with Gasteiger partial charge >= 0.3 is 0 Å². The quantitative estimate of drug-likeness (QED) is 0.0761. The zero-order chi connectivity index (χ0) is 71.4. The van der Waals surface area contributed by atoms with Crippen LogP contribution in [0.2, 0.25) is 5.02 Å². The fourth-order valence-electron chi connectivity index (χ4n) is 12.7. The first kappa shape index (κ1) is 70.5. The van der Waals surface area contributed by atoms with Crippen molar-refractivity contribution in [3.8, 4) is 68.2 Å². The monoisotopic (exact) mass is 1390 g/mol. The molecule has 6 heterocycles. The number of phenolic OH excluding ortho intramolecular Hbond substituents is 4. The first-order valence-corrected chi connectivity index (χ1v) is 32.7. The van der Waals surface area contributed by atoms with Gasteiger partial charge in [0, 0.05) is 57.4 Å². The Kier molecular flexibility index (Phi) is 21.2. The Bertz CT molecular complexity index is 4310. The summed E-state index contributed by atoms with van der Waals surface area (Å²) >= 11 is 6.85. The molecule has 0 saturated carbocycles. The number of halogens is 1. The first-order valence-electron chi connectivity index (χ1n) is 32.3. The Hall–Kier alpha value is -10.8. The number of benzene rings is 7. The second-order valence-corrected chi connectivity index (χ2v) is 25.8. The lowest BCUT2D eigenvalue weighted by atomic mass is 9.87. The highest BCUT2D eigenvalue weighted by atomic mass is 35.5. The predicted molar refractivity (Wildman–Crippen MR) is 364 cm³/mol. The number of rotatable bonds is 13. The Morgan fingerprint density at radius 1 is 0.610 bits per heavy atom. The molecule has 27 nitrogen and oxygen atoms in total. The standard InChI is InChI=1S/C72H76ClN11O16/c1-35(2)26-48(75-3)66(92)81-61-63(89)41-17-21-52(47(73)28-41)100-54-30-42-29-53(65(54)91)99-43-18-14-39(15-19-43)62(88)60-72(98)80-59(68(94)76-4)45-31-51(86)46(34-84-24-22-83(23-25-84)33-36-10-12-38(13-11-36)37-8-6-5-7-9-37)64(90)56(45)44-27-40(16-20-50(44)85)57(69(95)82-60)79-70(96)58(42)78-67(93)49(32-55(74)87)77-71(61)97/h5-21,27-31,35,48-49,57-63,75,85-86,88-91H,22-26,32-34H2,1-4H3,(H2,74,87)(H,76,94)(H,77,97)(H,78,93)(H,79,96)(H,80,98)(H,81,92)(H,82,95)/t48-,49+,57-,58-,59+,60+,61-,62-,63-/m1/s1. The van der Waals surface area contributed by atoms with E-state index in [1.54, 1.807) is 0 Å². The van der Waals surface area contributed by atoms with Gasteiger partial charge in [-0.3, -0.25) is 48.2 Å². The van der Waals surface area contributed by atoms with E-state index in [1.807, 2.05) is 49.1 Å². The molecule has 0 radical (unpaired) electrons. The highest BCUT2D eigenvalue weighted by Gasteiger charge is 2.42. The van der Waals surface area contributed by atoms with E-state index < -0.39 is 143 Å². The molecule has 9 atom stereocenters. The number of carbonyl (C=O) groups is 8. The number of carbonyl (C=O) groups excluding carboxylic acids is 8. The third kappa shape index (κ3) is 15.4. The van der Waals surface area contributed by atoms with Gasteiger partial charge in [0.2, 0.25) is 53.0 Å². The number of primary amides is 1. The van der Waals surface area contributed by atoms with Gasteiger partial charge < -0.3 is 88.4 Å². The minimum absolute atomic E-state index is 0.0321. The summed E-state index contributed by atoms with van der Waals surface area (Å²) in [4.78, 5) is 122. The van der Waals surface area contributed by atoms with Crippen molar-refractivity contribution in [1.29, 1.82) is 0 Å². The van der Waals surface area contributed by atoms with Crippen LogP contribution in [-0.2, 0) is 51.4 Å². The summed E-state index contributed by atoms with van der Waals surface area (Å²) in [7, 11) is 2.77. The lowest BCUT2D eigenvalue weighted by Gasteiger charge is -2.35. The topological polar surface area (TPSA) is 405 Å². The van der Waals surface area contributed by atoms with E-state index >= 15 is 19.2 Å². The summed E-state index contributed by atoms with van der Waals surface area (Å²) in [5.41, 5.74) is 7.49. The lowest BCUT2D eigenvalue weighted by molar-refractivity contribution is -0.138. The van der Waals surface area contributed by atoms with E-state index in [2.05, 4.69) is 71.7 Å². The van der Waals surface area contributed by atoms with Crippen LogP contribution in [0.1, 0.15) is 96.0 Å². The summed E-state index contributed by atoms with van der Waals surface area (Å²) in [6.07, 6.45) is -4.62. The number of hydrogen-bond donors (Lipinski definition) is 15. The van der Waals surface area contributed by atoms with Crippen LogP contribution in [-0.4, -0.2) is 152 Å². The Balaban J connectivity index is 1.02. The van der Waals surface area contributed by atoms with E-state index in [4.69, 9.17) is 26.8 Å². The zero-order valence-corrected chi connectivity index (χ0v) is 55.5. The molecular weight excluding hydrogens is 1310 g/mol. The van der Waals surface area contributed by atoms with Crippen molar-refractivity contribution in [2.45, 2.75) is 94.3 Å². The second kappa shape index (κ2) is 30.1. The molecule has 7 aromatic rings. The maximum Gasteiger partial charge on any atom is 0.248 e. The number of phenols is 4. The van der Waals surface area contributed by atoms with E-state index in [-0.39, 0.29) is 79.9 Å². The van der Waals surface area contributed by atoms with Crippen molar-refractivity contribution in [2.75, 3.05) is 40.3 Å². The van der Waals surface area contributed by atoms with Crippen molar-refractivity contribution >= 4 is 58.9 Å². The number of fused-ring (bicyclic) bond motifs is 15. The number of aromatic hydroxyl groups is 4. The van der Waals surface area contributed by atoms with Gasteiger partial charge in [0.1, 0.15) is 77.2 Å². The highest BCUT2D eigenvalue weighted by Crippen LogP contribution is 2.49. The van der Waals surface area contributed by atoms with Crippen LogP contribution in [0.4, 0.5) is 0 Å². The molecule has 6 aliphatic heterocycles. The molecule has 0 aliphatic carbocycles. The fourth-order valence-corrected chi connectivity index (χ4v) is 12.9. The van der Waals surface area contributed by atoms with Gasteiger partial charge in [0.25, 0.3) is 0 Å². The zero-order valence-electron chi connectivity index (χ0n) is 54.7. The average molecular weight is 1390 g/mol. The van der Waals surface area contributed by atoms with Crippen molar-refractivity contribution < 1.29 is 78.5 Å². The summed E-state index contributed by atoms with van der Waals surface area (Å²) in [5.74, 6) is -12.8. The molecular formula is C72H76ClN11O16. The summed E-state index contributed by atoms with van der Waals surface area (Å²) in [5, 5.41) is 93.6. The first-order chi connectivity index (χ1) is 47.9. The minimum atomic E-state index is -2.13. The summed E-state index contributed by atoms with van der Waals surface area (Å²) in [6, 6.07) is 21.3. The Morgan fingerprint density at radius 3 is 1.88 bits per heavy atom. The Morgan fingerprint density at radius 2 is 1.23 bits per heavy atom. The van der Waals surface area contributed by atoms with Gasteiger partial charge in [-0.25, -0.2) is 0 Å². The molecule has 522 valence electrons. The molecule has 1 fully saturated rings. The van der Waals surface area contributed by atoms with Crippen LogP contribution in [0.3, 0.4) is 0 Å². The number of aliphatic hydroxyl groups excluding tert-OH is 2. The summed E-state index contributed by atoms with van der Waals surface area (Å²) < 4.78 is 12.5. The van der Waals surface area contributed by atoms with Crippen molar-refractivity contribution in [2.24, 2.45) is 11.7 Å². The number of ether oxygens (including phenoxy) is 2. The van der Waals surface area contributed by atoms with Crippen LogP contribution in [0, 0.1) is 5.92 Å². The predicted octanol–water partition coefficient (Wildman–Crippen LogP) is 4.39. The van der Waals surface area contributed by atoms with Gasteiger partial charge in [-0.2, -0.15) is 0 Å². The van der Waals surface area contributed by atoms with Crippen molar-refractivity contribution in [1.82, 2.24) is 52.3 Å². The maximum atomic E-state index is 15.8. The molecule has 8 amide bonds. The molecule has 6 aliphatic rings. The van der Waals surface area contributed by atoms with Crippen LogP contribution >= 0.6 is 11.6 Å². The van der Waals surface area contributed by atoms with Crippen molar-refractivity contribution in [3.05, 3.63) is 177 Å². The number of amides is 8. The third-order valence-corrected chi connectivity index (χ3v) is 18.4. The SMILES string of the molecule is CNC(=O)[C@H]1NC(=O)[C@H]2NC(=O)[C@H](NC(=O)[C@@H]3NC(=O)[C@H](CC(N)=O)NC(=O)[C@H](NC(=O)[C@@H](CC(C)C)NC)[C@H](O)c4ccc(c(Cl)c4)Oc4cc3cc(c4O)Oc3ccc(cc3)[C@H]2O)c2ccc(O)c(c2)-c2c1cc(O)c(CN1CCN(Cc3ccc(-c4ccccc4)cc3)CC1)c2O. The van der Waals surface area contributed by atoms with Crippen LogP contribution in [0.15, 0.2) is 133 Å². The molecule has 0 aromatic heterocycles. The number of likely N-dealkylation sites (N-methyl/N-ethyl adjacent to an activating group) is 2. The lowest BCUT2D eigenvalue weighted by Crippen LogP contribution is -2.59. The average Bonchev–Trinajstić information content (AvgIpc) is 0.756. The summed E-state index contributed by atoms with van der Waals surface area (Å²) in [6.45, 7) is 6.40. The van der Waals surface area contributed by atoms with Gasteiger partial charge in [0.15, 0.2) is 11.5 Å². The second-order valence-electron chi connectivity index (χ2n) is 25.4. The normalized spacial score (nSPS) is 21.5. The van der Waals surface area contributed by atoms with Gasteiger partial charge in [-0.1, -0.05) is 104 Å². The molecule has 11 bridgehead atoms. The number of aliphatic hydroxyl groups is 2. The van der Waals surface area contributed by atoms with Gasteiger partial charge in [0.05, 0.1) is 23.0 Å². The van der Waals surface area contributed by atoms with E-state index in [1.165, 1.54) is 68.7 Å². The number of nitrogens with zero attached hydrogens (tertiary/aromatic N) is 2. The van der Waals surface area contributed by atoms with E-state index in [9.17, 15) is 49.8 Å². The molecule has 13 rings (SSSR count). The molecule has 0 unspecified atom stereocenters. The number of nitrogens with two attached hydrogens (primary N) is 1. The van der Waals surface area contributed by atoms with E-state index in [0.29, 0.717) is 32.7 Å². The molecule has 1 saturated heterocycles. The van der Waals surface area contributed by atoms with Crippen LogP contribution in [0.5, 0.6) is 46.0 Å². The highest BCUT2D eigenvalue weighted by molar-refractivity contribution is 6.32. The van der Waals surface area contributed by atoms with Crippen LogP contribution < -0.4 is 57.7 Å². The van der Waals surface area contributed by atoms with Crippen molar-refractivity contribution in [3.63, 3.8) is 0 Å². The third-order valence-electron chi connectivity index (χ3n) is 18.1. The Labute approximate surface area is 579 Å². The molecule has 28 heteroatoms. The number of piperazine rings is 1. The number of nitrogens with one attached hydrogen (secondary N) is 8. The molecule has 0 spiro atoms. The van der Waals surface area contributed by atoms with Crippen LogP contribution in [0.25, 0.3) is 22.3 Å². The largest absolute Gasteiger partial charge is 0.507 e. The molecule has 16 N–H and O–H groups in total. The van der Waals surface area contributed by atoms with E-state index in [0.717, 1.165) is 41.0 Å². The van der Waals surface area contributed by atoms with Gasteiger partial charge in [-0.15, -0.1) is 0 Å². The maximum absolute atomic E-state index is 15.8.